The molecule has 1 heterocycles. The Balaban J connectivity index is 2.76. The lowest BCUT2D eigenvalue weighted by atomic mass is 9.77. The van der Waals surface area contributed by atoms with Crippen molar-refractivity contribution in [2.75, 3.05) is 26.7 Å². The highest BCUT2D eigenvalue weighted by atomic mass is 16.5. The maximum absolute atomic E-state index is 11.8. The van der Waals surface area contributed by atoms with Crippen LogP contribution in [0.3, 0.4) is 0 Å². The van der Waals surface area contributed by atoms with Crippen molar-refractivity contribution in [1.82, 2.24) is 4.90 Å². The van der Waals surface area contributed by atoms with Gasteiger partial charge in [0.1, 0.15) is 6.29 Å². The molecular weight excluding hydrogens is 194 g/mol. The Hall–Kier alpha value is -0.900. The van der Waals surface area contributed by atoms with E-state index in [2.05, 4.69) is 4.90 Å². The van der Waals surface area contributed by atoms with E-state index in [1.165, 1.54) is 0 Å². The molecule has 0 amide bonds. The molecule has 4 nitrogen and oxygen atoms in total. The lowest BCUT2D eigenvalue weighted by Crippen LogP contribution is -2.47. The van der Waals surface area contributed by atoms with Gasteiger partial charge in [-0.1, -0.05) is 0 Å². The first-order valence-corrected chi connectivity index (χ1v) is 5.44. The van der Waals surface area contributed by atoms with Gasteiger partial charge >= 0.3 is 5.97 Å². The fourth-order valence-corrected chi connectivity index (χ4v) is 2.22. The molecule has 1 aliphatic heterocycles. The summed E-state index contributed by atoms with van der Waals surface area (Å²) in [5.41, 5.74) is -0.592. The van der Waals surface area contributed by atoms with E-state index in [1.807, 2.05) is 7.05 Å². The third-order valence-electron chi connectivity index (χ3n) is 2.95. The van der Waals surface area contributed by atoms with Crippen molar-refractivity contribution in [3.05, 3.63) is 0 Å². The Labute approximate surface area is 90.6 Å². The zero-order chi connectivity index (χ0) is 11.3. The number of piperidine rings is 1. The first-order chi connectivity index (χ1) is 7.14. The van der Waals surface area contributed by atoms with Crippen LogP contribution < -0.4 is 0 Å². The molecule has 1 atom stereocenters. The molecule has 0 saturated carbocycles. The van der Waals surface area contributed by atoms with Crippen LogP contribution in [0.25, 0.3) is 0 Å². The van der Waals surface area contributed by atoms with Crippen LogP contribution in [0.1, 0.15) is 26.2 Å². The number of esters is 1. The summed E-state index contributed by atoms with van der Waals surface area (Å²) in [5.74, 6) is -0.219. The van der Waals surface area contributed by atoms with E-state index in [-0.39, 0.29) is 12.4 Å². The Bertz CT molecular complexity index is 242. The maximum Gasteiger partial charge on any atom is 0.313 e. The number of likely N-dealkylation sites (tertiary alicyclic amines) is 1. The Kier molecular flexibility index (Phi) is 4.27. The van der Waals surface area contributed by atoms with E-state index >= 15 is 0 Å². The minimum absolute atomic E-state index is 0.219. The van der Waals surface area contributed by atoms with E-state index < -0.39 is 5.41 Å². The summed E-state index contributed by atoms with van der Waals surface area (Å²) in [6, 6.07) is 0. The van der Waals surface area contributed by atoms with Crippen molar-refractivity contribution in [3.63, 3.8) is 0 Å². The van der Waals surface area contributed by atoms with Gasteiger partial charge in [-0.15, -0.1) is 0 Å². The van der Waals surface area contributed by atoms with Gasteiger partial charge in [0.05, 0.1) is 12.0 Å². The molecule has 0 aromatic rings. The van der Waals surface area contributed by atoms with Crippen molar-refractivity contribution >= 4 is 12.3 Å². The Morgan fingerprint density at radius 3 is 2.87 bits per heavy atom. The van der Waals surface area contributed by atoms with E-state index in [0.717, 1.165) is 25.7 Å². The second kappa shape index (κ2) is 5.26. The fraction of sp³-hybridized carbons (Fsp3) is 0.818. The van der Waals surface area contributed by atoms with Gasteiger partial charge in [-0.05, 0) is 33.4 Å². The second-order valence-corrected chi connectivity index (χ2v) is 4.21. The summed E-state index contributed by atoms with van der Waals surface area (Å²) >= 11 is 0. The maximum atomic E-state index is 11.8. The van der Waals surface area contributed by atoms with Gasteiger partial charge in [0.2, 0.25) is 0 Å². The standard InChI is InChI=1S/C11H19NO3/c1-3-15-10(14)11(6-8-13)5-4-7-12(2)9-11/h8H,3-7,9H2,1-2H3. The molecule has 1 aliphatic rings. The molecular formula is C11H19NO3. The van der Waals surface area contributed by atoms with Gasteiger partial charge in [-0.25, -0.2) is 0 Å². The van der Waals surface area contributed by atoms with Crippen molar-refractivity contribution in [2.24, 2.45) is 5.41 Å². The molecule has 15 heavy (non-hydrogen) atoms. The molecule has 0 aromatic carbocycles. The highest BCUT2D eigenvalue weighted by molar-refractivity contribution is 5.80. The van der Waals surface area contributed by atoms with Crippen LogP contribution in [0.5, 0.6) is 0 Å². The minimum atomic E-state index is -0.592. The van der Waals surface area contributed by atoms with Crippen molar-refractivity contribution in [3.8, 4) is 0 Å². The summed E-state index contributed by atoms with van der Waals surface area (Å²) in [6.45, 7) is 3.78. The van der Waals surface area contributed by atoms with Gasteiger partial charge in [0, 0.05) is 13.0 Å². The average molecular weight is 213 g/mol. The summed E-state index contributed by atoms with van der Waals surface area (Å²) in [5, 5.41) is 0. The quantitative estimate of drug-likeness (QED) is 0.513. The highest BCUT2D eigenvalue weighted by Gasteiger charge is 2.42. The monoisotopic (exact) mass is 213 g/mol. The highest BCUT2D eigenvalue weighted by Crippen LogP contribution is 2.33. The largest absolute Gasteiger partial charge is 0.466 e. The minimum Gasteiger partial charge on any atom is -0.466 e. The molecule has 1 rings (SSSR count). The lowest BCUT2D eigenvalue weighted by molar-refractivity contribution is -0.160. The predicted molar refractivity (Wildman–Crippen MR) is 56.5 cm³/mol. The van der Waals surface area contributed by atoms with E-state index in [1.54, 1.807) is 6.92 Å². The fourth-order valence-electron chi connectivity index (χ4n) is 2.22. The topological polar surface area (TPSA) is 46.6 Å². The SMILES string of the molecule is CCOC(=O)C1(CC=O)CCCN(C)C1. The van der Waals surface area contributed by atoms with Crippen molar-refractivity contribution in [1.29, 1.82) is 0 Å². The number of nitrogens with zero attached hydrogens (tertiary/aromatic N) is 1. The van der Waals surface area contributed by atoms with Crippen molar-refractivity contribution < 1.29 is 14.3 Å². The number of carbonyl (C=O) groups excluding carboxylic acids is 2. The molecule has 0 radical (unpaired) electrons. The Morgan fingerprint density at radius 2 is 2.33 bits per heavy atom. The number of rotatable bonds is 4. The molecule has 1 saturated heterocycles. The smallest absolute Gasteiger partial charge is 0.313 e. The number of aldehydes is 1. The van der Waals surface area contributed by atoms with Gasteiger partial charge in [-0.3, -0.25) is 4.79 Å². The third kappa shape index (κ3) is 2.78. The molecule has 0 bridgehead atoms. The predicted octanol–water partition coefficient (Wildman–Crippen LogP) is 0.851. The van der Waals surface area contributed by atoms with Crippen LogP contribution in [0.4, 0.5) is 0 Å². The van der Waals surface area contributed by atoms with Crippen LogP contribution in [0.15, 0.2) is 0 Å². The number of hydrogen-bond acceptors (Lipinski definition) is 4. The summed E-state index contributed by atoms with van der Waals surface area (Å²) in [7, 11) is 1.97. The summed E-state index contributed by atoms with van der Waals surface area (Å²) < 4.78 is 5.06. The van der Waals surface area contributed by atoms with Crippen LogP contribution in [-0.2, 0) is 14.3 Å². The third-order valence-corrected chi connectivity index (χ3v) is 2.95. The number of ether oxygens (including phenoxy) is 1. The van der Waals surface area contributed by atoms with E-state index in [4.69, 9.17) is 4.74 Å². The summed E-state index contributed by atoms with van der Waals surface area (Å²) in [6.07, 6.45) is 2.81. The van der Waals surface area contributed by atoms with Gasteiger partial charge in [0.15, 0.2) is 0 Å². The van der Waals surface area contributed by atoms with E-state index in [0.29, 0.717) is 13.2 Å². The lowest BCUT2D eigenvalue weighted by Gasteiger charge is -2.38. The zero-order valence-electron chi connectivity index (χ0n) is 9.49. The first kappa shape index (κ1) is 12.2. The van der Waals surface area contributed by atoms with Crippen LogP contribution in [0.2, 0.25) is 0 Å². The zero-order valence-corrected chi connectivity index (χ0v) is 9.49. The van der Waals surface area contributed by atoms with Gasteiger partial charge in [-0.2, -0.15) is 0 Å². The summed E-state index contributed by atoms with van der Waals surface area (Å²) in [4.78, 5) is 24.6. The molecule has 1 fully saturated rings. The Morgan fingerprint density at radius 1 is 1.60 bits per heavy atom. The normalized spacial score (nSPS) is 27.3. The number of carbonyl (C=O) groups is 2. The van der Waals surface area contributed by atoms with Crippen LogP contribution >= 0.6 is 0 Å². The molecule has 1 unspecified atom stereocenters. The molecule has 86 valence electrons. The van der Waals surface area contributed by atoms with Crippen LogP contribution in [-0.4, -0.2) is 43.9 Å². The average Bonchev–Trinajstić information content (AvgIpc) is 2.18. The van der Waals surface area contributed by atoms with Crippen LogP contribution in [0, 0.1) is 5.41 Å². The molecule has 0 aromatic heterocycles. The first-order valence-electron chi connectivity index (χ1n) is 5.44. The second-order valence-electron chi connectivity index (χ2n) is 4.21. The molecule has 4 heteroatoms. The molecule has 0 aliphatic carbocycles. The number of hydrogen-bond donors (Lipinski definition) is 0. The molecule has 0 N–H and O–H groups in total. The van der Waals surface area contributed by atoms with Gasteiger partial charge in [0.25, 0.3) is 0 Å². The van der Waals surface area contributed by atoms with E-state index in [9.17, 15) is 9.59 Å². The van der Waals surface area contributed by atoms with Gasteiger partial charge < -0.3 is 14.4 Å². The van der Waals surface area contributed by atoms with Crippen molar-refractivity contribution in [2.45, 2.75) is 26.2 Å². The molecule has 0 spiro atoms.